The second-order valence-corrected chi connectivity index (χ2v) is 10.8. The molecular weight excluding hydrogens is 530 g/mol. The number of carbonyl (C=O) groups excluding carboxylic acids is 2. The second kappa shape index (κ2) is 12.3. The maximum Gasteiger partial charge on any atom is 0.266 e. The van der Waals surface area contributed by atoms with Crippen LogP contribution in [0.4, 0.5) is 5.69 Å². The van der Waals surface area contributed by atoms with Crippen molar-refractivity contribution in [3.05, 3.63) is 131 Å². The second-order valence-electron chi connectivity index (χ2n) is 10.8. The minimum Gasteiger partial charge on any atom is -0.392 e. The van der Waals surface area contributed by atoms with Crippen LogP contribution < -0.4 is 4.90 Å². The highest BCUT2D eigenvalue weighted by atomic mass is 16.7. The summed E-state index contributed by atoms with van der Waals surface area (Å²) in [7, 11) is 2.07. The number of imide groups is 1. The number of carbonyl (C=O) groups is 2. The number of amides is 2. The summed E-state index contributed by atoms with van der Waals surface area (Å²) in [4.78, 5) is 34.2. The molecule has 2 aliphatic heterocycles. The Labute approximate surface area is 245 Å². The molecule has 8 heteroatoms. The summed E-state index contributed by atoms with van der Waals surface area (Å²) >= 11 is 0. The number of rotatable bonds is 9. The fraction of sp³-hybridized carbons (Fsp3) is 0.265. The van der Waals surface area contributed by atoms with Crippen molar-refractivity contribution in [1.82, 2.24) is 9.88 Å². The van der Waals surface area contributed by atoms with E-state index in [1.54, 1.807) is 36.4 Å². The number of aromatic nitrogens is 1. The van der Waals surface area contributed by atoms with Crippen molar-refractivity contribution in [2.75, 3.05) is 25.0 Å². The lowest BCUT2D eigenvalue weighted by Crippen LogP contribution is -2.38. The Morgan fingerprint density at radius 1 is 0.881 bits per heavy atom. The van der Waals surface area contributed by atoms with Crippen molar-refractivity contribution in [3.63, 3.8) is 0 Å². The zero-order chi connectivity index (χ0) is 29.1. The first-order valence-electron chi connectivity index (χ1n) is 14.2. The van der Waals surface area contributed by atoms with E-state index in [2.05, 4.69) is 16.9 Å². The number of benzene rings is 3. The number of hydrogen-bond acceptors (Lipinski definition) is 7. The van der Waals surface area contributed by atoms with E-state index in [0.717, 1.165) is 35.3 Å². The molecule has 1 saturated heterocycles. The van der Waals surface area contributed by atoms with Gasteiger partial charge in [-0.3, -0.25) is 14.6 Å². The van der Waals surface area contributed by atoms with Crippen LogP contribution in [0.2, 0.25) is 0 Å². The molecule has 4 aromatic rings. The Hall–Kier alpha value is -4.21. The topological polar surface area (TPSA) is 92.2 Å². The minimum atomic E-state index is -0.703. The van der Waals surface area contributed by atoms with Gasteiger partial charge in [0.25, 0.3) is 11.8 Å². The zero-order valence-corrected chi connectivity index (χ0v) is 23.4. The molecule has 0 unspecified atom stereocenters. The number of fused-ring (bicyclic) bond motifs is 1. The van der Waals surface area contributed by atoms with Gasteiger partial charge in [-0.25, -0.2) is 4.90 Å². The third-order valence-corrected chi connectivity index (χ3v) is 7.80. The lowest BCUT2D eigenvalue weighted by atomic mass is 9.99. The van der Waals surface area contributed by atoms with Gasteiger partial charge in [-0.2, -0.15) is 0 Å². The molecule has 3 aromatic carbocycles. The highest BCUT2D eigenvalue weighted by Crippen LogP contribution is 2.39. The van der Waals surface area contributed by atoms with E-state index in [-0.39, 0.29) is 30.6 Å². The minimum absolute atomic E-state index is 0.0220. The normalized spacial score (nSPS) is 20.3. The predicted octanol–water partition coefficient (Wildman–Crippen LogP) is 5.09. The van der Waals surface area contributed by atoms with Gasteiger partial charge in [-0.1, -0.05) is 54.6 Å². The van der Waals surface area contributed by atoms with Gasteiger partial charge < -0.3 is 19.5 Å². The number of nitrogens with zero attached hydrogens (tertiary/aromatic N) is 3. The van der Waals surface area contributed by atoms with Gasteiger partial charge in [0.1, 0.15) is 0 Å². The molecule has 2 amide bonds. The van der Waals surface area contributed by atoms with Crippen LogP contribution in [0.5, 0.6) is 0 Å². The molecule has 6 rings (SSSR count). The maximum absolute atomic E-state index is 13.1. The first-order valence-corrected chi connectivity index (χ1v) is 14.2. The van der Waals surface area contributed by atoms with E-state index in [1.807, 2.05) is 60.8 Å². The van der Waals surface area contributed by atoms with Crippen LogP contribution in [-0.4, -0.2) is 53.0 Å². The monoisotopic (exact) mass is 563 g/mol. The molecule has 2 aliphatic rings. The highest BCUT2D eigenvalue weighted by Gasteiger charge is 2.37. The smallest absolute Gasteiger partial charge is 0.266 e. The first kappa shape index (κ1) is 27.9. The molecule has 42 heavy (non-hydrogen) atoms. The van der Waals surface area contributed by atoms with Crippen LogP contribution in [0, 0.1) is 0 Å². The molecule has 1 aromatic heterocycles. The van der Waals surface area contributed by atoms with E-state index in [1.165, 1.54) is 4.90 Å². The number of aliphatic hydroxyl groups is 1. The van der Waals surface area contributed by atoms with Crippen LogP contribution >= 0.6 is 0 Å². The van der Waals surface area contributed by atoms with E-state index in [9.17, 15) is 14.7 Å². The number of likely N-dealkylation sites (N-methyl/N-ethyl adjacent to an activating group) is 1. The standard InChI is InChI=1S/C34H33N3O5/c1-36(18-16-26-8-4-5-17-35-26)21-28-20-31(24-14-12-23(22-38)13-15-24)42-34(41-28)25-7-6-9-27(19-25)37-32(39)29-10-2-3-11-30(29)33(37)40/h2-15,17,19,28,31,34,38H,16,18,20-22H2,1H3/t28-,31+,34+/m1/s1. The molecule has 3 atom stereocenters. The molecule has 0 spiro atoms. The van der Waals surface area contributed by atoms with E-state index < -0.39 is 6.29 Å². The van der Waals surface area contributed by atoms with Gasteiger partial charge >= 0.3 is 0 Å². The average molecular weight is 564 g/mol. The quantitative estimate of drug-likeness (QED) is 0.284. The van der Waals surface area contributed by atoms with Crippen LogP contribution in [0.25, 0.3) is 0 Å². The molecule has 0 aliphatic carbocycles. The summed E-state index contributed by atoms with van der Waals surface area (Å²) in [5.74, 6) is -0.681. The third kappa shape index (κ3) is 5.89. The predicted molar refractivity (Wildman–Crippen MR) is 158 cm³/mol. The van der Waals surface area contributed by atoms with Crippen molar-refractivity contribution >= 4 is 17.5 Å². The van der Waals surface area contributed by atoms with Crippen LogP contribution in [0.15, 0.2) is 97.2 Å². The van der Waals surface area contributed by atoms with Crippen molar-refractivity contribution in [3.8, 4) is 0 Å². The first-order chi connectivity index (χ1) is 20.5. The molecule has 8 nitrogen and oxygen atoms in total. The van der Waals surface area contributed by atoms with Crippen molar-refractivity contribution in [1.29, 1.82) is 0 Å². The van der Waals surface area contributed by atoms with Crippen molar-refractivity contribution in [2.45, 2.75) is 37.9 Å². The lowest BCUT2D eigenvalue weighted by Gasteiger charge is -2.38. The van der Waals surface area contributed by atoms with Gasteiger partial charge in [0.15, 0.2) is 6.29 Å². The van der Waals surface area contributed by atoms with E-state index in [4.69, 9.17) is 9.47 Å². The largest absolute Gasteiger partial charge is 0.392 e. The fourth-order valence-corrected chi connectivity index (χ4v) is 5.56. The number of pyridine rings is 1. The molecule has 0 bridgehead atoms. The molecule has 3 heterocycles. The number of ether oxygens (including phenoxy) is 2. The average Bonchev–Trinajstić information content (AvgIpc) is 3.29. The van der Waals surface area contributed by atoms with Crippen LogP contribution in [0.3, 0.4) is 0 Å². The number of hydrogen-bond donors (Lipinski definition) is 1. The Morgan fingerprint density at radius 2 is 1.62 bits per heavy atom. The van der Waals surface area contributed by atoms with Gasteiger partial charge in [0.05, 0.1) is 35.6 Å². The lowest BCUT2D eigenvalue weighted by molar-refractivity contribution is -0.252. The number of anilines is 1. The Bertz CT molecular complexity index is 1520. The van der Waals surface area contributed by atoms with E-state index >= 15 is 0 Å². The van der Waals surface area contributed by atoms with Gasteiger partial charge in [0.2, 0.25) is 0 Å². The number of aliphatic hydroxyl groups excluding tert-OH is 1. The summed E-state index contributed by atoms with van der Waals surface area (Å²) in [6.07, 6.45) is 2.21. The molecule has 214 valence electrons. The summed E-state index contributed by atoms with van der Waals surface area (Å²) in [6.45, 7) is 1.50. The summed E-state index contributed by atoms with van der Waals surface area (Å²) in [5.41, 5.74) is 4.88. The van der Waals surface area contributed by atoms with Crippen molar-refractivity contribution < 1.29 is 24.2 Å². The Balaban J connectivity index is 1.23. The maximum atomic E-state index is 13.1. The summed E-state index contributed by atoms with van der Waals surface area (Å²) < 4.78 is 13.0. The molecule has 1 fully saturated rings. The molecular formula is C34H33N3O5. The van der Waals surface area contributed by atoms with Crippen molar-refractivity contribution in [2.24, 2.45) is 0 Å². The van der Waals surface area contributed by atoms with Gasteiger partial charge in [-0.05, 0) is 54.6 Å². The molecule has 0 saturated carbocycles. The zero-order valence-electron chi connectivity index (χ0n) is 23.4. The summed E-state index contributed by atoms with van der Waals surface area (Å²) in [6, 6.07) is 27.8. The van der Waals surface area contributed by atoms with Crippen LogP contribution in [-0.2, 0) is 22.5 Å². The molecule has 1 N–H and O–H groups in total. The Morgan fingerprint density at radius 3 is 2.31 bits per heavy atom. The van der Waals surface area contributed by atoms with Crippen LogP contribution in [0.1, 0.15) is 61.9 Å². The highest BCUT2D eigenvalue weighted by molar-refractivity contribution is 6.34. The van der Waals surface area contributed by atoms with Gasteiger partial charge in [0, 0.05) is 43.4 Å². The fourth-order valence-electron chi connectivity index (χ4n) is 5.56. The Kier molecular flexibility index (Phi) is 8.21. The van der Waals surface area contributed by atoms with E-state index in [0.29, 0.717) is 29.8 Å². The molecule has 0 radical (unpaired) electrons. The third-order valence-electron chi connectivity index (χ3n) is 7.80. The summed E-state index contributed by atoms with van der Waals surface area (Å²) in [5, 5.41) is 9.50. The SMILES string of the molecule is CN(CCc1ccccn1)C[C@H]1C[C@@H](c2ccc(CO)cc2)O[C@@H](c2cccc(N3C(=O)c4ccccc4C3=O)c2)O1. The van der Waals surface area contributed by atoms with Gasteiger partial charge in [-0.15, -0.1) is 0 Å².